The first-order chi connectivity index (χ1) is 10.1. The molecule has 0 unspecified atom stereocenters. The number of piperazine rings is 1. The third-order valence-electron chi connectivity index (χ3n) is 3.58. The summed E-state index contributed by atoms with van der Waals surface area (Å²) in [5.41, 5.74) is 0.878. The zero-order valence-corrected chi connectivity index (χ0v) is 12.1. The van der Waals surface area contributed by atoms with Crippen LogP contribution in [0.2, 0.25) is 0 Å². The van der Waals surface area contributed by atoms with Gasteiger partial charge in [0.1, 0.15) is 0 Å². The van der Waals surface area contributed by atoms with E-state index in [1.54, 1.807) is 27.9 Å². The number of carbonyl (C=O) groups is 2. The second-order valence-electron chi connectivity index (χ2n) is 5.02. The van der Waals surface area contributed by atoms with Gasteiger partial charge in [-0.1, -0.05) is 0 Å². The van der Waals surface area contributed by atoms with E-state index in [1.807, 2.05) is 13.1 Å². The van der Waals surface area contributed by atoms with Crippen molar-refractivity contribution in [2.24, 2.45) is 7.05 Å². The Morgan fingerprint density at radius 2 is 2.05 bits per heavy atom. The van der Waals surface area contributed by atoms with Crippen molar-refractivity contribution in [2.75, 3.05) is 32.7 Å². The first kappa shape index (κ1) is 15.2. The maximum atomic E-state index is 12.1. The van der Waals surface area contributed by atoms with E-state index in [1.165, 1.54) is 0 Å². The monoisotopic (exact) mass is 292 g/mol. The van der Waals surface area contributed by atoms with Crippen LogP contribution in [0.5, 0.6) is 0 Å². The second kappa shape index (κ2) is 7.03. The number of nitrogens with zero attached hydrogens (tertiary/aromatic N) is 4. The summed E-state index contributed by atoms with van der Waals surface area (Å²) in [6.07, 6.45) is 5.15. The number of aliphatic carboxylic acids is 1. The number of aryl methyl sites for hydroxylation is 1. The van der Waals surface area contributed by atoms with Gasteiger partial charge in [0.25, 0.3) is 0 Å². The lowest BCUT2D eigenvalue weighted by atomic mass is 10.2. The molecule has 1 N–H and O–H groups in total. The lowest BCUT2D eigenvalue weighted by molar-refractivity contribution is -0.138. The van der Waals surface area contributed by atoms with Crippen LogP contribution in [0.1, 0.15) is 12.1 Å². The molecule has 0 spiro atoms. The van der Waals surface area contributed by atoms with Crippen LogP contribution in [0.15, 0.2) is 18.3 Å². The van der Waals surface area contributed by atoms with Crippen LogP contribution in [0, 0.1) is 0 Å². The molecule has 0 aliphatic carbocycles. The highest BCUT2D eigenvalue weighted by Gasteiger charge is 2.19. The maximum Gasteiger partial charge on any atom is 0.304 e. The molecule has 0 aromatic carbocycles. The van der Waals surface area contributed by atoms with Crippen LogP contribution in [-0.4, -0.2) is 69.3 Å². The Labute approximate surface area is 123 Å². The van der Waals surface area contributed by atoms with Crippen molar-refractivity contribution in [1.29, 1.82) is 0 Å². The van der Waals surface area contributed by atoms with Gasteiger partial charge in [-0.25, -0.2) is 0 Å². The summed E-state index contributed by atoms with van der Waals surface area (Å²) in [6, 6.07) is 1.84. The van der Waals surface area contributed by atoms with Gasteiger partial charge in [-0.15, -0.1) is 0 Å². The van der Waals surface area contributed by atoms with Gasteiger partial charge in [0.2, 0.25) is 5.91 Å². The zero-order valence-electron chi connectivity index (χ0n) is 12.1. The normalized spacial score (nSPS) is 16.5. The average molecular weight is 292 g/mol. The fraction of sp³-hybridized carbons (Fsp3) is 0.500. The predicted octanol–water partition coefficient (Wildman–Crippen LogP) is 0.0522. The largest absolute Gasteiger partial charge is 0.481 e. The van der Waals surface area contributed by atoms with E-state index in [-0.39, 0.29) is 12.3 Å². The van der Waals surface area contributed by atoms with E-state index in [2.05, 4.69) is 10.00 Å². The highest BCUT2D eigenvalue weighted by atomic mass is 16.4. The number of amides is 1. The molecule has 2 heterocycles. The molecular formula is C14H20N4O3. The number of rotatable bonds is 5. The number of carboxylic acids is 1. The molecule has 1 fully saturated rings. The van der Waals surface area contributed by atoms with Gasteiger partial charge in [-0.2, -0.15) is 5.10 Å². The first-order valence-corrected chi connectivity index (χ1v) is 6.95. The molecule has 7 heteroatoms. The quantitative estimate of drug-likeness (QED) is 0.776. The van der Waals surface area contributed by atoms with Crippen molar-refractivity contribution < 1.29 is 14.7 Å². The van der Waals surface area contributed by atoms with Gasteiger partial charge < -0.3 is 10.0 Å². The Balaban J connectivity index is 1.79. The van der Waals surface area contributed by atoms with Crippen LogP contribution >= 0.6 is 0 Å². The van der Waals surface area contributed by atoms with Crippen LogP contribution in [-0.2, 0) is 16.6 Å². The number of aromatic nitrogens is 2. The minimum atomic E-state index is -0.785. The Hall–Kier alpha value is -2.15. The van der Waals surface area contributed by atoms with Crippen molar-refractivity contribution >= 4 is 18.0 Å². The molecule has 1 aromatic rings. The molecule has 114 valence electrons. The lowest BCUT2D eigenvalue weighted by Gasteiger charge is -2.33. The molecule has 0 saturated carbocycles. The van der Waals surface area contributed by atoms with Crippen LogP contribution in [0.4, 0.5) is 0 Å². The SMILES string of the molecule is Cn1nccc1/C=C/C(=O)N1CCN(CCC(=O)O)CC1. The standard InChI is InChI=1S/C14H20N4O3/c1-16-12(4-6-15-16)2-3-13(19)18-10-8-17(9-11-18)7-5-14(20)21/h2-4,6H,5,7-11H2,1H3,(H,20,21)/b3-2+. The van der Waals surface area contributed by atoms with E-state index >= 15 is 0 Å². The third kappa shape index (κ3) is 4.42. The summed E-state index contributed by atoms with van der Waals surface area (Å²) in [5, 5.41) is 12.7. The molecule has 0 bridgehead atoms. The summed E-state index contributed by atoms with van der Waals surface area (Å²) in [7, 11) is 1.82. The minimum absolute atomic E-state index is 0.0194. The van der Waals surface area contributed by atoms with E-state index in [0.717, 1.165) is 18.8 Å². The topological polar surface area (TPSA) is 78.7 Å². The van der Waals surface area contributed by atoms with Crippen molar-refractivity contribution in [3.8, 4) is 0 Å². The minimum Gasteiger partial charge on any atom is -0.481 e. The van der Waals surface area contributed by atoms with Crippen molar-refractivity contribution in [1.82, 2.24) is 19.6 Å². The van der Waals surface area contributed by atoms with Crippen molar-refractivity contribution in [3.63, 3.8) is 0 Å². The molecule has 1 aromatic heterocycles. The highest BCUT2D eigenvalue weighted by molar-refractivity contribution is 5.91. The molecule has 1 aliphatic heterocycles. The number of hydrogen-bond acceptors (Lipinski definition) is 4. The molecular weight excluding hydrogens is 272 g/mol. The van der Waals surface area contributed by atoms with Gasteiger partial charge >= 0.3 is 5.97 Å². The van der Waals surface area contributed by atoms with E-state index in [0.29, 0.717) is 19.6 Å². The Morgan fingerprint density at radius 1 is 1.33 bits per heavy atom. The summed E-state index contributed by atoms with van der Waals surface area (Å²) in [4.78, 5) is 26.5. The molecule has 1 aliphatic rings. The number of hydrogen-bond donors (Lipinski definition) is 1. The summed E-state index contributed by atoms with van der Waals surface area (Å²) in [5.74, 6) is -0.804. The molecule has 21 heavy (non-hydrogen) atoms. The molecule has 0 atom stereocenters. The van der Waals surface area contributed by atoms with Crippen LogP contribution < -0.4 is 0 Å². The fourth-order valence-electron chi connectivity index (χ4n) is 2.26. The smallest absolute Gasteiger partial charge is 0.304 e. The summed E-state index contributed by atoms with van der Waals surface area (Å²) >= 11 is 0. The first-order valence-electron chi connectivity index (χ1n) is 6.95. The van der Waals surface area contributed by atoms with Gasteiger partial charge in [0.05, 0.1) is 12.1 Å². The van der Waals surface area contributed by atoms with E-state index < -0.39 is 5.97 Å². The van der Waals surface area contributed by atoms with Gasteiger partial charge in [0, 0.05) is 52.0 Å². The van der Waals surface area contributed by atoms with Crippen LogP contribution in [0.25, 0.3) is 6.08 Å². The highest BCUT2D eigenvalue weighted by Crippen LogP contribution is 2.05. The number of carbonyl (C=O) groups excluding carboxylic acids is 1. The van der Waals surface area contributed by atoms with E-state index in [9.17, 15) is 9.59 Å². The predicted molar refractivity (Wildman–Crippen MR) is 77.5 cm³/mol. The molecule has 0 radical (unpaired) electrons. The van der Waals surface area contributed by atoms with Crippen molar-refractivity contribution in [3.05, 3.63) is 24.0 Å². The Bertz CT molecular complexity index is 530. The molecule has 1 saturated heterocycles. The zero-order chi connectivity index (χ0) is 15.2. The summed E-state index contributed by atoms with van der Waals surface area (Å²) in [6.45, 7) is 3.25. The Kier molecular flexibility index (Phi) is 5.10. The van der Waals surface area contributed by atoms with Crippen molar-refractivity contribution in [2.45, 2.75) is 6.42 Å². The van der Waals surface area contributed by atoms with E-state index in [4.69, 9.17) is 5.11 Å². The van der Waals surface area contributed by atoms with Gasteiger partial charge in [0.15, 0.2) is 0 Å². The fourth-order valence-corrected chi connectivity index (χ4v) is 2.26. The maximum absolute atomic E-state index is 12.1. The summed E-state index contributed by atoms with van der Waals surface area (Å²) < 4.78 is 1.70. The number of carboxylic acid groups (broad SMARTS) is 1. The third-order valence-corrected chi connectivity index (χ3v) is 3.58. The lowest BCUT2D eigenvalue weighted by Crippen LogP contribution is -2.48. The van der Waals surface area contributed by atoms with Gasteiger partial charge in [-0.05, 0) is 12.1 Å². The second-order valence-corrected chi connectivity index (χ2v) is 5.02. The Morgan fingerprint density at radius 3 is 2.62 bits per heavy atom. The molecule has 7 nitrogen and oxygen atoms in total. The molecule has 2 rings (SSSR count). The van der Waals surface area contributed by atoms with Gasteiger partial charge in [-0.3, -0.25) is 19.2 Å². The van der Waals surface area contributed by atoms with Crippen LogP contribution in [0.3, 0.4) is 0 Å². The average Bonchev–Trinajstić information content (AvgIpc) is 2.88. The molecule has 1 amide bonds.